The highest BCUT2D eigenvalue weighted by atomic mass is 32.2. The number of hydrogen-bond acceptors (Lipinski definition) is 7. The lowest BCUT2D eigenvalue weighted by atomic mass is 10.1. The fraction of sp³-hybridized carbons (Fsp3) is 0.312. The Morgan fingerprint density at radius 1 is 1.42 bits per heavy atom. The van der Waals surface area contributed by atoms with Gasteiger partial charge in [-0.05, 0) is 18.4 Å². The lowest BCUT2D eigenvalue weighted by Crippen LogP contribution is -2.36. The molecule has 0 amide bonds. The number of phenolic OH excluding ortho intramolecular Hbond substituents is 1. The zero-order valence-corrected chi connectivity index (χ0v) is 13.9. The van der Waals surface area contributed by atoms with Crippen molar-refractivity contribution < 1.29 is 9.84 Å². The van der Waals surface area contributed by atoms with Crippen LogP contribution in [0.3, 0.4) is 0 Å². The third-order valence-corrected chi connectivity index (χ3v) is 4.40. The molecule has 124 valence electrons. The summed E-state index contributed by atoms with van der Waals surface area (Å²) in [4.78, 5) is 20.9. The van der Waals surface area contributed by atoms with Crippen LogP contribution in [0.4, 0.5) is 5.69 Å². The van der Waals surface area contributed by atoms with E-state index < -0.39 is 5.56 Å². The van der Waals surface area contributed by atoms with Gasteiger partial charge in [-0.3, -0.25) is 4.79 Å². The maximum atomic E-state index is 12.0. The van der Waals surface area contributed by atoms with Crippen LogP contribution in [0, 0.1) is 11.3 Å². The van der Waals surface area contributed by atoms with Gasteiger partial charge in [0, 0.05) is 30.4 Å². The number of thioether (sulfide) groups is 1. The lowest BCUT2D eigenvalue weighted by Gasteiger charge is -2.29. The van der Waals surface area contributed by atoms with Crippen LogP contribution in [0.1, 0.15) is 5.56 Å². The highest BCUT2D eigenvalue weighted by molar-refractivity contribution is 7.98. The number of nitrogens with zero attached hydrogens (tertiary/aromatic N) is 3. The Labute approximate surface area is 142 Å². The van der Waals surface area contributed by atoms with E-state index in [1.54, 1.807) is 18.4 Å². The van der Waals surface area contributed by atoms with Gasteiger partial charge in [0.25, 0.3) is 5.56 Å². The number of nitriles is 1. The SMILES string of the molecule is CSc1nc(-c2ccc(N3CCOCC3)cc2O)c(C#N)c(=O)[nH]1. The molecule has 0 bridgehead atoms. The van der Waals surface area contributed by atoms with Crippen LogP contribution in [0.5, 0.6) is 5.75 Å². The Kier molecular flexibility index (Phi) is 4.74. The second-order valence-electron chi connectivity index (χ2n) is 5.21. The summed E-state index contributed by atoms with van der Waals surface area (Å²) >= 11 is 1.26. The molecule has 1 aromatic carbocycles. The van der Waals surface area contributed by atoms with Crippen LogP contribution in [-0.2, 0) is 4.74 Å². The van der Waals surface area contributed by atoms with Crippen molar-refractivity contribution in [1.29, 1.82) is 5.26 Å². The van der Waals surface area contributed by atoms with Gasteiger partial charge in [-0.15, -0.1) is 0 Å². The minimum atomic E-state index is -0.511. The van der Waals surface area contributed by atoms with E-state index in [-0.39, 0.29) is 17.0 Å². The highest BCUT2D eigenvalue weighted by Gasteiger charge is 2.18. The summed E-state index contributed by atoms with van der Waals surface area (Å²) < 4.78 is 5.32. The van der Waals surface area contributed by atoms with Crippen molar-refractivity contribution in [3.05, 3.63) is 34.1 Å². The first-order valence-corrected chi connectivity index (χ1v) is 8.61. The van der Waals surface area contributed by atoms with E-state index in [0.29, 0.717) is 23.9 Å². The quantitative estimate of drug-likeness (QED) is 0.643. The van der Waals surface area contributed by atoms with Crippen molar-refractivity contribution in [2.75, 3.05) is 37.5 Å². The third-order valence-electron chi connectivity index (χ3n) is 3.82. The second kappa shape index (κ2) is 6.95. The summed E-state index contributed by atoms with van der Waals surface area (Å²) in [5, 5.41) is 20.1. The number of morpholine rings is 1. The van der Waals surface area contributed by atoms with Crippen LogP contribution in [0.25, 0.3) is 11.3 Å². The van der Waals surface area contributed by atoms with Crippen LogP contribution in [-0.4, -0.2) is 47.6 Å². The molecule has 0 saturated carbocycles. The smallest absolute Gasteiger partial charge is 0.270 e. The molecule has 0 unspecified atom stereocenters. The van der Waals surface area contributed by atoms with Crippen molar-refractivity contribution in [1.82, 2.24) is 9.97 Å². The van der Waals surface area contributed by atoms with Gasteiger partial charge in [0.15, 0.2) is 5.16 Å². The van der Waals surface area contributed by atoms with Gasteiger partial charge in [-0.25, -0.2) is 4.98 Å². The molecule has 0 radical (unpaired) electrons. The maximum absolute atomic E-state index is 12.0. The number of anilines is 1. The van der Waals surface area contributed by atoms with Gasteiger partial charge in [0.2, 0.25) is 0 Å². The molecule has 0 spiro atoms. The molecule has 1 aromatic heterocycles. The van der Waals surface area contributed by atoms with Crippen molar-refractivity contribution >= 4 is 17.4 Å². The van der Waals surface area contributed by atoms with Crippen LogP contribution >= 0.6 is 11.8 Å². The fourth-order valence-electron chi connectivity index (χ4n) is 2.59. The number of hydrogen-bond donors (Lipinski definition) is 2. The normalized spacial score (nSPS) is 14.4. The Morgan fingerprint density at radius 3 is 2.79 bits per heavy atom. The predicted molar refractivity (Wildman–Crippen MR) is 91.5 cm³/mol. The number of H-pyrrole nitrogens is 1. The average molecular weight is 344 g/mol. The number of aromatic nitrogens is 2. The summed E-state index contributed by atoms with van der Waals surface area (Å²) in [6.45, 7) is 2.80. The fourth-order valence-corrected chi connectivity index (χ4v) is 2.96. The summed E-state index contributed by atoms with van der Waals surface area (Å²) in [6.07, 6.45) is 1.77. The monoisotopic (exact) mass is 344 g/mol. The third kappa shape index (κ3) is 3.09. The number of ether oxygens (including phenoxy) is 1. The number of nitrogens with one attached hydrogen (secondary N) is 1. The van der Waals surface area contributed by atoms with Gasteiger partial charge >= 0.3 is 0 Å². The molecule has 0 aliphatic carbocycles. The summed E-state index contributed by atoms with van der Waals surface area (Å²) in [5.74, 6) is -0.0133. The molecular formula is C16H16N4O3S. The molecule has 1 fully saturated rings. The molecule has 24 heavy (non-hydrogen) atoms. The molecule has 0 atom stereocenters. The molecule has 2 N–H and O–H groups in total. The molecule has 2 aromatic rings. The van der Waals surface area contributed by atoms with E-state index >= 15 is 0 Å². The number of aromatic hydroxyl groups is 1. The van der Waals surface area contributed by atoms with E-state index in [4.69, 9.17) is 4.74 Å². The largest absolute Gasteiger partial charge is 0.507 e. The van der Waals surface area contributed by atoms with Crippen molar-refractivity contribution in [3.63, 3.8) is 0 Å². The van der Waals surface area contributed by atoms with Crippen molar-refractivity contribution in [2.45, 2.75) is 5.16 Å². The van der Waals surface area contributed by atoms with Crippen LogP contribution < -0.4 is 10.5 Å². The molecule has 1 aliphatic rings. The maximum Gasteiger partial charge on any atom is 0.270 e. The summed E-state index contributed by atoms with van der Waals surface area (Å²) in [5.41, 5.74) is 0.806. The van der Waals surface area contributed by atoms with E-state index in [1.807, 2.05) is 12.1 Å². The van der Waals surface area contributed by atoms with E-state index in [0.717, 1.165) is 18.8 Å². The number of phenols is 1. The van der Waals surface area contributed by atoms with E-state index in [1.165, 1.54) is 11.8 Å². The minimum absolute atomic E-state index is 0.0133. The average Bonchev–Trinajstić information content (AvgIpc) is 2.61. The molecular weight excluding hydrogens is 328 g/mol. The molecule has 8 heteroatoms. The number of benzene rings is 1. The Balaban J connectivity index is 2.06. The zero-order chi connectivity index (χ0) is 17.1. The van der Waals surface area contributed by atoms with Crippen molar-refractivity contribution in [3.8, 4) is 23.1 Å². The molecule has 1 aliphatic heterocycles. The molecule has 7 nitrogen and oxygen atoms in total. The zero-order valence-electron chi connectivity index (χ0n) is 13.1. The number of aromatic amines is 1. The van der Waals surface area contributed by atoms with Gasteiger partial charge in [-0.1, -0.05) is 11.8 Å². The topological polar surface area (TPSA) is 102 Å². The first-order chi connectivity index (χ1) is 11.6. The van der Waals surface area contributed by atoms with Crippen LogP contribution in [0.2, 0.25) is 0 Å². The number of rotatable bonds is 3. The van der Waals surface area contributed by atoms with Crippen LogP contribution in [0.15, 0.2) is 28.2 Å². The first kappa shape index (κ1) is 16.4. The Morgan fingerprint density at radius 2 is 2.17 bits per heavy atom. The van der Waals surface area contributed by atoms with Gasteiger partial charge in [-0.2, -0.15) is 5.26 Å². The van der Waals surface area contributed by atoms with E-state index in [9.17, 15) is 15.2 Å². The van der Waals surface area contributed by atoms with Gasteiger partial charge in [0.05, 0.1) is 13.2 Å². The first-order valence-electron chi connectivity index (χ1n) is 7.38. The van der Waals surface area contributed by atoms with Crippen molar-refractivity contribution in [2.24, 2.45) is 0 Å². The molecule has 1 saturated heterocycles. The van der Waals surface area contributed by atoms with E-state index in [2.05, 4.69) is 14.9 Å². The highest BCUT2D eigenvalue weighted by Crippen LogP contribution is 2.33. The minimum Gasteiger partial charge on any atom is -0.507 e. The Hall–Kier alpha value is -2.50. The lowest BCUT2D eigenvalue weighted by molar-refractivity contribution is 0.122. The Bertz CT molecular complexity index is 853. The van der Waals surface area contributed by atoms with Gasteiger partial charge < -0.3 is 19.7 Å². The molecule has 2 heterocycles. The predicted octanol–water partition coefficient (Wildman–Crippen LogP) is 1.57. The second-order valence-corrected chi connectivity index (χ2v) is 6.01. The molecule has 3 rings (SSSR count). The summed E-state index contributed by atoms with van der Waals surface area (Å²) in [6, 6.07) is 7.03. The standard InChI is InChI=1S/C16H16N4O3S/c1-24-16-18-14(12(9-17)15(22)19-16)11-3-2-10(8-13(11)21)20-4-6-23-7-5-20/h2-3,8,21H,4-7H2,1H3,(H,18,19,22). The van der Waals surface area contributed by atoms with Gasteiger partial charge in [0.1, 0.15) is 23.1 Å². The summed E-state index contributed by atoms with van der Waals surface area (Å²) in [7, 11) is 0.